The SMILES string of the molecule is COc1ccc(CCN2C(=O)C(Nc3ccc(Cl)cc3C)=C(c3ccc(C)cc3)C2=O)cc1. The normalized spacial score (nSPS) is 13.6. The number of methoxy groups -OCH3 is 1. The summed E-state index contributed by atoms with van der Waals surface area (Å²) < 4.78 is 5.20. The molecule has 0 bridgehead atoms. The summed E-state index contributed by atoms with van der Waals surface area (Å²) >= 11 is 6.09. The van der Waals surface area contributed by atoms with Gasteiger partial charge in [0.1, 0.15) is 11.4 Å². The van der Waals surface area contributed by atoms with Crippen LogP contribution in [0.2, 0.25) is 5.02 Å². The molecule has 0 unspecified atom stereocenters. The maximum Gasteiger partial charge on any atom is 0.278 e. The van der Waals surface area contributed by atoms with E-state index in [0.29, 0.717) is 22.6 Å². The zero-order valence-electron chi connectivity index (χ0n) is 18.8. The second-order valence-electron chi connectivity index (χ2n) is 8.06. The summed E-state index contributed by atoms with van der Waals surface area (Å²) in [4.78, 5) is 28.2. The first kappa shape index (κ1) is 22.6. The third-order valence-electron chi connectivity index (χ3n) is 5.74. The summed E-state index contributed by atoms with van der Waals surface area (Å²) in [6, 6.07) is 20.6. The third kappa shape index (κ3) is 4.78. The minimum Gasteiger partial charge on any atom is -0.497 e. The molecule has 0 radical (unpaired) electrons. The van der Waals surface area contributed by atoms with Crippen molar-refractivity contribution in [3.63, 3.8) is 0 Å². The average Bonchev–Trinajstić information content (AvgIpc) is 3.04. The largest absolute Gasteiger partial charge is 0.497 e. The van der Waals surface area contributed by atoms with Crippen molar-refractivity contribution in [2.24, 2.45) is 0 Å². The predicted molar refractivity (Wildman–Crippen MR) is 131 cm³/mol. The fourth-order valence-corrected chi connectivity index (χ4v) is 4.04. The zero-order valence-corrected chi connectivity index (χ0v) is 19.6. The molecule has 33 heavy (non-hydrogen) atoms. The number of nitrogens with zero attached hydrogens (tertiary/aromatic N) is 1. The Balaban J connectivity index is 1.65. The van der Waals surface area contributed by atoms with E-state index in [2.05, 4.69) is 5.32 Å². The van der Waals surface area contributed by atoms with Crippen LogP contribution in [0.15, 0.2) is 72.4 Å². The fraction of sp³-hybridized carbons (Fsp3) is 0.185. The molecular weight excluding hydrogens is 436 g/mol. The number of anilines is 1. The van der Waals surface area contributed by atoms with Crippen molar-refractivity contribution < 1.29 is 14.3 Å². The lowest BCUT2D eigenvalue weighted by molar-refractivity contribution is -0.136. The summed E-state index contributed by atoms with van der Waals surface area (Å²) in [6.07, 6.45) is 0.551. The Morgan fingerprint density at radius 2 is 1.61 bits per heavy atom. The van der Waals surface area contributed by atoms with Gasteiger partial charge in [0.25, 0.3) is 11.8 Å². The molecule has 0 spiro atoms. The molecule has 0 saturated carbocycles. The van der Waals surface area contributed by atoms with Gasteiger partial charge in [-0.1, -0.05) is 53.6 Å². The van der Waals surface area contributed by atoms with Gasteiger partial charge >= 0.3 is 0 Å². The van der Waals surface area contributed by atoms with E-state index in [9.17, 15) is 9.59 Å². The van der Waals surface area contributed by atoms with Gasteiger partial charge < -0.3 is 10.1 Å². The van der Waals surface area contributed by atoms with Gasteiger partial charge in [-0.25, -0.2) is 0 Å². The van der Waals surface area contributed by atoms with Crippen LogP contribution in [0.1, 0.15) is 22.3 Å². The zero-order chi connectivity index (χ0) is 23.5. The van der Waals surface area contributed by atoms with Crippen molar-refractivity contribution in [3.05, 3.63) is 99.7 Å². The van der Waals surface area contributed by atoms with Gasteiger partial charge in [-0.2, -0.15) is 0 Å². The van der Waals surface area contributed by atoms with Crippen molar-refractivity contribution in [1.29, 1.82) is 0 Å². The Morgan fingerprint density at radius 1 is 0.909 bits per heavy atom. The number of hydrogen-bond donors (Lipinski definition) is 1. The van der Waals surface area contributed by atoms with E-state index in [0.717, 1.165) is 28.1 Å². The van der Waals surface area contributed by atoms with Crippen LogP contribution >= 0.6 is 11.6 Å². The number of carbonyl (C=O) groups excluding carboxylic acids is 2. The molecule has 0 aromatic heterocycles. The van der Waals surface area contributed by atoms with E-state index in [4.69, 9.17) is 16.3 Å². The summed E-state index contributed by atoms with van der Waals surface area (Å²) in [7, 11) is 1.62. The molecule has 0 saturated heterocycles. The third-order valence-corrected chi connectivity index (χ3v) is 5.97. The lowest BCUT2D eigenvalue weighted by Crippen LogP contribution is -2.34. The maximum atomic E-state index is 13.4. The molecule has 6 heteroatoms. The van der Waals surface area contributed by atoms with Crippen molar-refractivity contribution in [3.8, 4) is 5.75 Å². The highest BCUT2D eigenvalue weighted by molar-refractivity contribution is 6.36. The topological polar surface area (TPSA) is 58.6 Å². The Morgan fingerprint density at radius 3 is 2.24 bits per heavy atom. The van der Waals surface area contributed by atoms with Crippen LogP contribution in [0.5, 0.6) is 5.75 Å². The van der Waals surface area contributed by atoms with Crippen molar-refractivity contribution in [1.82, 2.24) is 4.90 Å². The number of benzene rings is 3. The van der Waals surface area contributed by atoms with Crippen LogP contribution in [-0.4, -0.2) is 30.4 Å². The number of nitrogens with one attached hydrogen (secondary N) is 1. The lowest BCUT2D eigenvalue weighted by atomic mass is 10.0. The van der Waals surface area contributed by atoms with Gasteiger partial charge in [0.15, 0.2) is 0 Å². The van der Waals surface area contributed by atoms with Crippen LogP contribution in [0, 0.1) is 13.8 Å². The number of amides is 2. The van der Waals surface area contributed by atoms with Crippen molar-refractivity contribution >= 4 is 34.7 Å². The van der Waals surface area contributed by atoms with E-state index < -0.39 is 0 Å². The van der Waals surface area contributed by atoms with E-state index in [1.54, 1.807) is 13.2 Å². The number of imide groups is 1. The first-order valence-corrected chi connectivity index (χ1v) is 11.1. The molecule has 2 amide bonds. The van der Waals surface area contributed by atoms with Gasteiger partial charge in [0.05, 0.1) is 12.7 Å². The van der Waals surface area contributed by atoms with Crippen LogP contribution in [0.3, 0.4) is 0 Å². The van der Waals surface area contributed by atoms with Gasteiger partial charge in [-0.05, 0) is 67.3 Å². The summed E-state index contributed by atoms with van der Waals surface area (Å²) in [6.45, 7) is 4.17. The quantitative estimate of drug-likeness (QED) is 0.479. The van der Waals surface area contributed by atoms with E-state index in [-0.39, 0.29) is 24.1 Å². The first-order chi connectivity index (χ1) is 15.9. The molecule has 1 N–H and O–H groups in total. The molecule has 1 aliphatic heterocycles. The van der Waals surface area contributed by atoms with E-state index in [1.807, 2.05) is 74.5 Å². The highest BCUT2D eigenvalue weighted by atomic mass is 35.5. The molecule has 0 fully saturated rings. The molecule has 1 heterocycles. The lowest BCUT2D eigenvalue weighted by Gasteiger charge is -2.16. The van der Waals surface area contributed by atoms with E-state index >= 15 is 0 Å². The van der Waals surface area contributed by atoms with Crippen LogP contribution in [0.4, 0.5) is 5.69 Å². The van der Waals surface area contributed by atoms with E-state index in [1.165, 1.54) is 4.90 Å². The second-order valence-corrected chi connectivity index (χ2v) is 8.50. The molecular formula is C27H25ClN2O3. The molecule has 4 rings (SSSR count). The number of aryl methyl sites for hydroxylation is 2. The van der Waals surface area contributed by atoms with Crippen LogP contribution in [-0.2, 0) is 16.0 Å². The second kappa shape index (κ2) is 9.51. The van der Waals surface area contributed by atoms with Crippen molar-refractivity contribution in [2.75, 3.05) is 19.0 Å². The summed E-state index contributed by atoms with van der Waals surface area (Å²) in [5.74, 6) is 0.130. The average molecular weight is 461 g/mol. The number of ether oxygens (including phenoxy) is 1. The summed E-state index contributed by atoms with van der Waals surface area (Å²) in [5, 5.41) is 3.83. The Labute approximate surface area is 198 Å². The standard InChI is InChI=1S/C27H25ClN2O3/c1-17-4-8-20(9-5-17)24-25(29-23-13-10-21(28)16-18(23)2)27(32)30(26(24)31)15-14-19-6-11-22(33-3)12-7-19/h4-13,16,29H,14-15H2,1-3H3. The Hall–Kier alpha value is -3.57. The molecule has 0 atom stereocenters. The number of rotatable bonds is 7. The summed E-state index contributed by atoms with van der Waals surface area (Å²) in [5.41, 5.74) is 5.08. The first-order valence-electron chi connectivity index (χ1n) is 10.7. The smallest absolute Gasteiger partial charge is 0.278 e. The van der Waals surface area contributed by atoms with Gasteiger partial charge in [-0.15, -0.1) is 0 Å². The monoisotopic (exact) mass is 460 g/mol. The maximum absolute atomic E-state index is 13.4. The number of halogens is 1. The number of carbonyl (C=O) groups is 2. The van der Waals surface area contributed by atoms with Crippen LogP contribution < -0.4 is 10.1 Å². The molecule has 5 nitrogen and oxygen atoms in total. The van der Waals surface area contributed by atoms with Crippen molar-refractivity contribution in [2.45, 2.75) is 20.3 Å². The van der Waals surface area contributed by atoms with Gasteiger partial charge in [-0.3, -0.25) is 14.5 Å². The molecule has 168 valence electrons. The van der Waals surface area contributed by atoms with Gasteiger partial charge in [0.2, 0.25) is 0 Å². The molecule has 3 aromatic carbocycles. The Bertz CT molecular complexity index is 1230. The number of hydrogen-bond acceptors (Lipinski definition) is 4. The molecule has 0 aliphatic carbocycles. The molecule has 1 aliphatic rings. The molecule has 3 aromatic rings. The van der Waals surface area contributed by atoms with Crippen LogP contribution in [0.25, 0.3) is 5.57 Å². The minimum absolute atomic E-state index is 0.281. The highest BCUT2D eigenvalue weighted by Gasteiger charge is 2.39. The Kier molecular flexibility index (Phi) is 6.52. The predicted octanol–water partition coefficient (Wildman–Crippen LogP) is 5.40. The highest BCUT2D eigenvalue weighted by Crippen LogP contribution is 2.32. The fourth-order valence-electron chi connectivity index (χ4n) is 3.82. The van der Waals surface area contributed by atoms with Gasteiger partial charge in [0, 0.05) is 17.3 Å². The minimum atomic E-state index is -0.335.